The lowest BCUT2D eigenvalue weighted by Crippen LogP contribution is -2.31. The smallest absolute Gasteiger partial charge is 0.346 e. The summed E-state index contributed by atoms with van der Waals surface area (Å²) in [6.45, 7) is 0. The van der Waals surface area contributed by atoms with Gasteiger partial charge in [0.2, 0.25) is 5.91 Å². The number of anilines is 1. The second-order valence-corrected chi connectivity index (χ2v) is 7.41. The van der Waals surface area contributed by atoms with Crippen LogP contribution in [0.1, 0.15) is 18.4 Å². The predicted molar refractivity (Wildman–Crippen MR) is 126 cm³/mol. The van der Waals surface area contributed by atoms with Gasteiger partial charge in [0.05, 0.1) is 13.2 Å². The Labute approximate surface area is 190 Å². The van der Waals surface area contributed by atoms with Crippen LogP contribution in [0.5, 0.6) is 5.75 Å². The molecule has 7 nitrogen and oxygen atoms in total. The molecule has 0 bridgehead atoms. The van der Waals surface area contributed by atoms with E-state index < -0.39 is 11.9 Å². The number of nitrogens with zero attached hydrogens (tertiary/aromatic N) is 3. The third-order valence-corrected chi connectivity index (χ3v) is 4.96. The standard InChI is InChI=1S/C22H19ClN4O3S/c1-30-18-10-2-14(3-11-18)21(24)26-22(31)25-19(28)12-8-17-9-13-20(29)27(17)16-6-4-15(23)5-7-16/h2-7,10-11,17H,9,13H2,1H3,(H3,24,25,26,28,31)/p+1. The van der Waals surface area contributed by atoms with Gasteiger partial charge in [-0.1, -0.05) is 17.5 Å². The van der Waals surface area contributed by atoms with Gasteiger partial charge in [-0.25, -0.2) is 0 Å². The molecule has 158 valence electrons. The summed E-state index contributed by atoms with van der Waals surface area (Å²) in [5.41, 5.74) is 7.27. The van der Waals surface area contributed by atoms with Crippen LogP contribution < -0.4 is 15.4 Å². The number of aliphatic imine (C=N–C) groups is 2. The van der Waals surface area contributed by atoms with Crippen molar-refractivity contribution in [1.82, 2.24) is 0 Å². The quantitative estimate of drug-likeness (QED) is 0.332. The summed E-state index contributed by atoms with van der Waals surface area (Å²) in [5, 5.41) is 0.561. The van der Waals surface area contributed by atoms with Crippen LogP contribution in [0, 0.1) is 11.8 Å². The molecule has 1 aliphatic rings. The molecule has 1 unspecified atom stereocenters. The molecule has 0 radical (unpaired) electrons. The number of hydrogen-bond acceptors (Lipinski definition) is 3. The van der Waals surface area contributed by atoms with E-state index in [0.29, 0.717) is 34.9 Å². The third-order valence-electron chi connectivity index (χ3n) is 4.48. The molecule has 9 heteroatoms. The molecule has 0 aromatic heterocycles. The zero-order chi connectivity index (χ0) is 22.4. The van der Waals surface area contributed by atoms with E-state index in [2.05, 4.69) is 34.5 Å². The molecule has 1 atom stereocenters. The molecule has 0 spiro atoms. The third kappa shape index (κ3) is 5.87. The molecular weight excluding hydrogens is 436 g/mol. The SMILES string of the molecule is COc1ccc(/C(N)=N/C([SH2+])=NC(=O)C#CC2CCC(=O)N2c2ccc(Cl)cc2)cc1. The van der Waals surface area contributed by atoms with Crippen LogP contribution in [-0.2, 0) is 22.2 Å². The summed E-state index contributed by atoms with van der Waals surface area (Å²) in [6, 6.07) is 13.4. The van der Waals surface area contributed by atoms with Crippen molar-refractivity contribution in [3.05, 3.63) is 59.1 Å². The Bertz CT molecular complexity index is 1100. The van der Waals surface area contributed by atoms with Gasteiger partial charge in [0.25, 0.3) is 0 Å². The van der Waals surface area contributed by atoms with Crippen molar-refractivity contribution < 1.29 is 14.3 Å². The number of amidine groups is 2. The van der Waals surface area contributed by atoms with E-state index in [1.165, 1.54) is 0 Å². The van der Waals surface area contributed by atoms with Crippen LogP contribution in [0.15, 0.2) is 58.5 Å². The first kappa shape index (κ1) is 22.4. The van der Waals surface area contributed by atoms with Crippen molar-refractivity contribution in [3.63, 3.8) is 0 Å². The maximum atomic E-state index is 12.3. The summed E-state index contributed by atoms with van der Waals surface area (Å²) < 4.78 is 5.10. The minimum absolute atomic E-state index is 0.00956. The minimum Gasteiger partial charge on any atom is -0.497 e. The number of nitrogens with two attached hydrogens (primary N) is 1. The molecule has 2 aromatic rings. The van der Waals surface area contributed by atoms with Crippen LogP contribution in [-0.4, -0.2) is 36.0 Å². The number of hydrogen-bond donors (Lipinski definition) is 1. The van der Waals surface area contributed by atoms with Crippen molar-refractivity contribution in [1.29, 1.82) is 0 Å². The van der Waals surface area contributed by atoms with Crippen molar-refractivity contribution >= 4 is 52.7 Å². The van der Waals surface area contributed by atoms with Crippen LogP contribution in [0.25, 0.3) is 0 Å². The highest BCUT2D eigenvalue weighted by Gasteiger charge is 2.31. The highest BCUT2D eigenvalue weighted by Crippen LogP contribution is 2.27. The first-order valence-corrected chi connectivity index (χ1v) is 10.2. The number of ether oxygens (including phenoxy) is 1. The maximum Gasteiger partial charge on any atom is 0.346 e. The monoisotopic (exact) mass is 455 g/mol. The Morgan fingerprint density at radius 2 is 1.87 bits per heavy atom. The van der Waals surface area contributed by atoms with Gasteiger partial charge < -0.3 is 10.5 Å². The predicted octanol–water partition coefficient (Wildman–Crippen LogP) is 2.15. The zero-order valence-corrected chi connectivity index (χ0v) is 18.4. The molecule has 2 N–H and O–H groups in total. The first-order chi connectivity index (χ1) is 14.9. The molecule has 2 aromatic carbocycles. The van der Waals surface area contributed by atoms with Crippen LogP contribution >= 0.6 is 11.6 Å². The Morgan fingerprint density at radius 1 is 1.19 bits per heavy atom. The van der Waals surface area contributed by atoms with Crippen LogP contribution in [0.4, 0.5) is 5.69 Å². The minimum atomic E-state index is -0.702. The molecule has 1 aliphatic heterocycles. The maximum absolute atomic E-state index is 12.3. The van der Waals surface area contributed by atoms with E-state index in [0.717, 1.165) is 0 Å². The van der Waals surface area contributed by atoms with Gasteiger partial charge in [-0.2, -0.15) is 4.99 Å². The fraction of sp³-hybridized carbons (Fsp3) is 0.182. The zero-order valence-electron chi connectivity index (χ0n) is 16.6. The normalized spacial score (nSPS) is 16.7. The van der Waals surface area contributed by atoms with E-state index in [-0.39, 0.29) is 16.9 Å². The number of benzene rings is 2. The number of methoxy groups -OCH3 is 1. The van der Waals surface area contributed by atoms with Gasteiger partial charge in [0.1, 0.15) is 11.6 Å². The van der Waals surface area contributed by atoms with E-state index in [9.17, 15) is 9.59 Å². The summed E-state index contributed by atoms with van der Waals surface area (Å²) in [7, 11) is 1.57. The first-order valence-electron chi connectivity index (χ1n) is 9.29. The van der Waals surface area contributed by atoms with Gasteiger partial charge in [0.15, 0.2) is 0 Å². The highest BCUT2D eigenvalue weighted by molar-refractivity contribution is 7.77. The Kier molecular flexibility index (Phi) is 7.34. The summed E-state index contributed by atoms with van der Waals surface area (Å²) in [6.07, 6.45) is 0.875. The Hall–Kier alpha value is -3.28. The molecule has 3 rings (SSSR count). The Balaban J connectivity index is 1.71. The lowest BCUT2D eigenvalue weighted by molar-refractivity contribution is -0.117. The van der Waals surface area contributed by atoms with Crippen molar-refractivity contribution in [3.8, 4) is 17.6 Å². The number of halogens is 1. The lowest BCUT2D eigenvalue weighted by atomic mass is 10.2. The second-order valence-electron chi connectivity index (χ2n) is 6.53. The van der Waals surface area contributed by atoms with E-state index in [1.54, 1.807) is 60.5 Å². The fourth-order valence-electron chi connectivity index (χ4n) is 2.98. The molecule has 1 heterocycles. The molecule has 1 saturated heterocycles. The lowest BCUT2D eigenvalue weighted by Gasteiger charge is -2.20. The van der Waals surface area contributed by atoms with Gasteiger partial charge in [0, 0.05) is 35.3 Å². The van der Waals surface area contributed by atoms with Crippen molar-refractivity contribution in [2.75, 3.05) is 12.0 Å². The molecular formula is C22H20ClN4O3S+. The van der Waals surface area contributed by atoms with Crippen molar-refractivity contribution in [2.24, 2.45) is 15.7 Å². The average Bonchev–Trinajstić information content (AvgIpc) is 3.13. The average molecular weight is 456 g/mol. The molecule has 1 fully saturated rings. The molecule has 0 aliphatic carbocycles. The van der Waals surface area contributed by atoms with E-state index in [4.69, 9.17) is 22.1 Å². The topological polar surface area (TPSA) is 97.3 Å². The summed E-state index contributed by atoms with van der Waals surface area (Å²) >= 11 is 9.08. The van der Waals surface area contributed by atoms with Gasteiger partial charge in [-0.3, -0.25) is 14.5 Å². The van der Waals surface area contributed by atoms with E-state index >= 15 is 0 Å². The molecule has 31 heavy (non-hydrogen) atoms. The number of rotatable bonds is 3. The number of amides is 2. The molecule has 0 saturated carbocycles. The summed E-state index contributed by atoms with van der Waals surface area (Å²) in [4.78, 5) is 33.8. The van der Waals surface area contributed by atoms with E-state index in [1.807, 2.05) is 0 Å². The number of carbonyl (C=O) groups excluding carboxylic acids is 2. The molecule has 2 amide bonds. The van der Waals surface area contributed by atoms with Crippen molar-refractivity contribution in [2.45, 2.75) is 18.9 Å². The summed E-state index contributed by atoms with van der Waals surface area (Å²) in [5.74, 6) is 5.39. The van der Waals surface area contributed by atoms with Gasteiger partial charge >= 0.3 is 11.1 Å². The van der Waals surface area contributed by atoms with Gasteiger partial charge in [-0.05, 0) is 60.9 Å². The fourth-order valence-corrected chi connectivity index (χ4v) is 3.33. The largest absolute Gasteiger partial charge is 0.497 e. The Morgan fingerprint density at radius 3 is 2.52 bits per heavy atom. The second kappa shape index (κ2) is 10.2. The van der Waals surface area contributed by atoms with Crippen LogP contribution in [0.3, 0.4) is 0 Å². The number of carbonyl (C=O) groups is 2. The van der Waals surface area contributed by atoms with Gasteiger partial charge in [-0.15, -0.1) is 4.99 Å². The highest BCUT2D eigenvalue weighted by atomic mass is 35.5. The van der Waals surface area contributed by atoms with Crippen LogP contribution in [0.2, 0.25) is 5.02 Å².